The number of para-hydroxylation sites is 2. The molecular weight excluding hydrogens is 396 g/mol. The Balaban J connectivity index is 1.38. The van der Waals surface area contributed by atoms with Gasteiger partial charge in [0.15, 0.2) is 0 Å². The van der Waals surface area contributed by atoms with Crippen LogP contribution in [0, 0.1) is 5.92 Å². The summed E-state index contributed by atoms with van der Waals surface area (Å²) in [7, 11) is 0. The molecule has 3 amide bonds. The van der Waals surface area contributed by atoms with Gasteiger partial charge in [0.2, 0.25) is 5.91 Å². The van der Waals surface area contributed by atoms with Crippen molar-refractivity contribution in [2.24, 2.45) is 16.8 Å². The number of fused-ring (bicyclic) bond motifs is 1. The monoisotopic (exact) mass is 420 g/mol. The molecule has 9 heteroatoms. The number of nitrogens with one attached hydrogen (secondary N) is 3. The standard InChI is InChI=1S/C22H24N6O3/c1-13-11-20(29)27-28-21(13)14-8-9-15-17(12-14)25-19(24-15)7-4-10-31-18-6-3-2-5-16(18)26-22(23)30/h2-3,5-6,8-9,12-13H,4,7,10-11H2,1H3,(H,24,25)(H,27,29)(H3,23,26,30). The topological polar surface area (TPSA) is 134 Å². The van der Waals surface area contributed by atoms with Crippen LogP contribution in [0.3, 0.4) is 0 Å². The maximum absolute atomic E-state index is 11.5. The molecule has 31 heavy (non-hydrogen) atoms. The first kappa shape index (κ1) is 20.4. The van der Waals surface area contributed by atoms with Crippen LogP contribution >= 0.6 is 0 Å². The van der Waals surface area contributed by atoms with Crippen LogP contribution in [0.4, 0.5) is 10.5 Å². The molecule has 1 aromatic heterocycles. The van der Waals surface area contributed by atoms with Crippen LogP contribution in [0.25, 0.3) is 11.0 Å². The van der Waals surface area contributed by atoms with Crippen LogP contribution in [0.5, 0.6) is 5.75 Å². The number of aryl methyl sites for hydroxylation is 1. The summed E-state index contributed by atoms with van der Waals surface area (Å²) < 4.78 is 5.79. The first-order chi connectivity index (χ1) is 15.0. The Morgan fingerprint density at radius 1 is 1.29 bits per heavy atom. The van der Waals surface area contributed by atoms with Gasteiger partial charge in [-0.2, -0.15) is 5.10 Å². The van der Waals surface area contributed by atoms with Crippen molar-refractivity contribution in [3.8, 4) is 5.75 Å². The van der Waals surface area contributed by atoms with Crippen LogP contribution in [0.2, 0.25) is 0 Å². The number of amides is 3. The number of ether oxygens (including phenoxy) is 1. The Labute approximate surface area is 179 Å². The summed E-state index contributed by atoms with van der Waals surface area (Å²) >= 11 is 0. The number of aromatic nitrogens is 2. The predicted molar refractivity (Wildman–Crippen MR) is 118 cm³/mol. The number of hydrogen-bond donors (Lipinski definition) is 4. The zero-order valence-corrected chi connectivity index (χ0v) is 17.1. The Morgan fingerprint density at radius 3 is 2.94 bits per heavy atom. The van der Waals surface area contributed by atoms with E-state index >= 15 is 0 Å². The molecule has 2 aromatic carbocycles. The minimum atomic E-state index is -0.631. The maximum atomic E-state index is 11.5. The first-order valence-corrected chi connectivity index (χ1v) is 10.1. The van der Waals surface area contributed by atoms with Crippen molar-refractivity contribution >= 4 is 34.4 Å². The van der Waals surface area contributed by atoms with E-state index in [2.05, 4.69) is 25.8 Å². The van der Waals surface area contributed by atoms with Crippen molar-refractivity contribution in [3.63, 3.8) is 0 Å². The number of imidazole rings is 1. The lowest BCUT2D eigenvalue weighted by Gasteiger charge is -2.18. The molecule has 9 nitrogen and oxygen atoms in total. The fraction of sp³-hybridized carbons (Fsp3) is 0.273. The van der Waals surface area contributed by atoms with E-state index in [1.165, 1.54) is 0 Å². The maximum Gasteiger partial charge on any atom is 0.316 e. The fourth-order valence-corrected chi connectivity index (χ4v) is 3.59. The van der Waals surface area contributed by atoms with E-state index in [1.54, 1.807) is 18.2 Å². The van der Waals surface area contributed by atoms with Crippen molar-refractivity contribution in [1.82, 2.24) is 15.4 Å². The number of rotatable bonds is 7. The third kappa shape index (κ3) is 4.82. The van der Waals surface area contributed by atoms with Crippen LogP contribution < -0.4 is 21.2 Å². The summed E-state index contributed by atoms with van der Waals surface area (Å²) in [5.74, 6) is 1.45. The van der Waals surface area contributed by atoms with Gasteiger partial charge in [-0.25, -0.2) is 15.2 Å². The number of anilines is 1. The number of H-pyrrole nitrogens is 1. The molecule has 3 aromatic rings. The molecule has 0 aliphatic carbocycles. The van der Waals surface area contributed by atoms with Crippen LogP contribution in [0.15, 0.2) is 47.6 Å². The molecule has 0 fully saturated rings. The van der Waals surface area contributed by atoms with E-state index in [0.29, 0.717) is 30.9 Å². The molecule has 0 bridgehead atoms. The zero-order valence-electron chi connectivity index (χ0n) is 17.1. The van der Waals surface area contributed by atoms with Gasteiger partial charge in [0.1, 0.15) is 11.6 Å². The number of benzene rings is 2. The fourth-order valence-electron chi connectivity index (χ4n) is 3.59. The number of aromatic amines is 1. The van der Waals surface area contributed by atoms with Gasteiger partial charge in [-0.05, 0) is 30.7 Å². The van der Waals surface area contributed by atoms with E-state index in [0.717, 1.165) is 34.6 Å². The SMILES string of the molecule is CC1CC(=O)NN=C1c1ccc2nc(CCCOc3ccccc3NC(N)=O)[nH]c2c1. The number of urea groups is 1. The molecule has 0 radical (unpaired) electrons. The molecule has 0 saturated heterocycles. The average Bonchev–Trinajstić information content (AvgIpc) is 3.14. The normalized spacial score (nSPS) is 16.0. The van der Waals surface area contributed by atoms with E-state index in [4.69, 9.17) is 10.5 Å². The number of hydrogen-bond acceptors (Lipinski definition) is 5. The minimum Gasteiger partial charge on any atom is -0.491 e. The van der Waals surface area contributed by atoms with Gasteiger partial charge in [0, 0.05) is 24.3 Å². The minimum absolute atomic E-state index is 0.0589. The van der Waals surface area contributed by atoms with Crippen molar-refractivity contribution in [2.45, 2.75) is 26.2 Å². The van der Waals surface area contributed by atoms with Crippen molar-refractivity contribution in [2.75, 3.05) is 11.9 Å². The summed E-state index contributed by atoms with van der Waals surface area (Å²) in [6.07, 6.45) is 1.89. The summed E-state index contributed by atoms with van der Waals surface area (Å²) in [5.41, 5.74) is 11.9. The molecule has 2 heterocycles. The Bertz CT molecular complexity index is 1150. The van der Waals surface area contributed by atoms with E-state index in [-0.39, 0.29) is 11.8 Å². The van der Waals surface area contributed by atoms with Crippen molar-refractivity contribution < 1.29 is 14.3 Å². The zero-order chi connectivity index (χ0) is 21.8. The van der Waals surface area contributed by atoms with Crippen LogP contribution in [-0.2, 0) is 11.2 Å². The van der Waals surface area contributed by atoms with Gasteiger partial charge in [-0.1, -0.05) is 25.1 Å². The third-order valence-corrected chi connectivity index (χ3v) is 5.05. The highest BCUT2D eigenvalue weighted by atomic mass is 16.5. The van der Waals surface area contributed by atoms with E-state index in [9.17, 15) is 9.59 Å². The van der Waals surface area contributed by atoms with Crippen LogP contribution in [-0.4, -0.2) is 34.2 Å². The van der Waals surface area contributed by atoms with Crippen LogP contribution in [0.1, 0.15) is 31.2 Å². The van der Waals surface area contributed by atoms with Crippen molar-refractivity contribution in [3.05, 3.63) is 53.9 Å². The van der Waals surface area contributed by atoms with Gasteiger partial charge >= 0.3 is 6.03 Å². The highest BCUT2D eigenvalue weighted by molar-refractivity contribution is 6.07. The van der Waals surface area contributed by atoms with Gasteiger partial charge in [0.05, 0.1) is 29.0 Å². The Kier molecular flexibility index (Phi) is 5.83. The van der Waals surface area contributed by atoms with Gasteiger partial charge in [-0.3, -0.25) is 4.79 Å². The predicted octanol–water partition coefficient (Wildman–Crippen LogP) is 2.93. The summed E-state index contributed by atoms with van der Waals surface area (Å²) in [4.78, 5) is 30.6. The highest BCUT2D eigenvalue weighted by Gasteiger charge is 2.22. The second-order valence-electron chi connectivity index (χ2n) is 7.49. The Hall–Kier alpha value is -3.88. The molecule has 5 N–H and O–H groups in total. The van der Waals surface area contributed by atoms with Gasteiger partial charge in [-0.15, -0.1) is 0 Å². The van der Waals surface area contributed by atoms with E-state index in [1.807, 2.05) is 31.2 Å². The molecule has 4 rings (SSSR count). The molecule has 1 aliphatic heterocycles. The number of carbonyl (C=O) groups is 2. The third-order valence-electron chi connectivity index (χ3n) is 5.05. The summed E-state index contributed by atoms with van der Waals surface area (Å²) in [5, 5.41) is 6.77. The second-order valence-corrected chi connectivity index (χ2v) is 7.49. The number of carbonyl (C=O) groups excluding carboxylic acids is 2. The lowest BCUT2D eigenvalue weighted by atomic mass is 9.94. The average molecular weight is 420 g/mol. The smallest absolute Gasteiger partial charge is 0.316 e. The summed E-state index contributed by atoms with van der Waals surface area (Å²) in [6, 6.07) is 12.5. The quantitative estimate of drug-likeness (QED) is 0.437. The lowest BCUT2D eigenvalue weighted by Crippen LogP contribution is -2.31. The van der Waals surface area contributed by atoms with Gasteiger partial charge < -0.3 is 20.8 Å². The number of nitrogens with two attached hydrogens (primary N) is 1. The molecule has 160 valence electrons. The molecular formula is C22H24N6O3. The summed E-state index contributed by atoms with van der Waals surface area (Å²) in [6.45, 7) is 2.46. The largest absolute Gasteiger partial charge is 0.491 e. The number of primary amides is 1. The molecule has 1 atom stereocenters. The molecule has 1 unspecified atom stereocenters. The Morgan fingerprint density at radius 2 is 2.13 bits per heavy atom. The lowest BCUT2D eigenvalue weighted by molar-refractivity contribution is -0.121. The van der Waals surface area contributed by atoms with Crippen molar-refractivity contribution in [1.29, 1.82) is 0 Å². The van der Waals surface area contributed by atoms with E-state index < -0.39 is 6.03 Å². The highest BCUT2D eigenvalue weighted by Crippen LogP contribution is 2.24. The number of nitrogens with zero attached hydrogens (tertiary/aromatic N) is 2. The molecule has 0 saturated carbocycles. The molecule has 0 spiro atoms. The molecule has 1 aliphatic rings. The van der Waals surface area contributed by atoms with Gasteiger partial charge in [0.25, 0.3) is 0 Å². The second kappa shape index (κ2) is 8.86. The first-order valence-electron chi connectivity index (χ1n) is 10.1. The number of hydrazone groups is 1.